The van der Waals surface area contributed by atoms with Gasteiger partial charge in [0.2, 0.25) is 0 Å². The summed E-state index contributed by atoms with van der Waals surface area (Å²) >= 11 is 0. The van der Waals surface area contributed by atoms with Crippen LogP contribution in [0.3, 0.4) is 0 Å². The average Bonchev–Trinajstić information content (AvgIpc) is 2.98. The van der Waals surface area contributed by atoms with Crippen molar-refractivity contribution in [3.8, 4) is 5.75 Å². The van der Waals surface area contributed by atoms with Crippen LogP contribution in [0.15, 0.2) is 30.5 Å². The molecule has 0 atom stereocenters. The third-order valence-corrected chi connectivity index (χ3v) is 3.42. The Kier molecular flexibility index (Phi) is 4.73. The fraction of sp³-hybridized carbons (Fsp3) is 0.133. The number of nitrogens with one attached hydrogen (secondary N) is 2. The van der Waals surface area contributed by atoms with E-state index >= 15 is 0 Å². The summed E-state index contributed by atoms with van der Waals surface area (Å²) in [4.78, 5) is 15.3. The molecule has 10 nitrogen and oxygen atoms in total. The maximum absolute atomic E-state index is 12.7. The molecule has 3 aromatic rings. The van der Waals surface area contributed by atoms with Crippen molar-refractivity contribution in [2.24, 2.45) is 0 Å². The number of carbonyl (C=O) groups is 1. The van der Waals surface area contributed by atoms with E-state index < -0.39 is 18.2 Å². The number of amides is 1. The molecule has 28 heavy (non-hydrogen) atoms. The highest BCUT2D eigenvalue weighted by molar-refractivity contribution is 5.86. The molecule has 148 valence electrons. The van der Waals surface area contributed by atoms with E-state index in [0.29, 0.717) is 0 Å². The minimum atomic E-state index is -4.93. The summed E-state index contributed by atoms with van der Waals surface area (Å²) in [6, 6.07) is 4.80. The molecular weight excluding hydrogens is 383 g/mol. The number of ether oxygens (including phenoxy) is 2. The second-order valence-electron chi connectivity index (χ2n) is 5.40. The molecule has 0 bridgehead atoms. The fourth-order valence-electron chi connectivity index (χ4n) is 2.30. The van der Waals surface area contributed by atoms with Crippen LogP contribution < -0.4 is 26.8 Å². The van der Waals surface area contributed by atoms with E-state index in [9.17, 15) is 18.0 Å². The molecule has 0 spiro atoms. The standard InChI is InChI=1S/C15H14F3N7O3/c1-27-14(26)22-7-2-3-10(28-15(16,17)18)9(4-7)23-12-5-8(19)13-21-6-11(20)25(13)24-12/h2-6H,19-20H2,1H3,(H,22,26)(H,23,24). The molecule has 0 radical (unpaired) electrons. The zero-order valence-electron chi connectivity index (χ0n) is 14.2. The Morgan fingerprint density at radius 3 is 2.68 bits per heavy atom. The van der Waals surface area contributed by atoms with Crippen LogP contribution in [-0.4, -0.2) is 34.2 Å². The largest absolute Gasteiger partial charge is 0.573 e. The molecule has 0 saturated carbocycles. The van der Waals surface area contributed by atoms with Crippen LogP contribution >= 0.6 is 0 Å². The van der Waals surface area contributed by atoms with Crippen LogP contribution in [0.1, 0.15) is 0 Å². The number of halogens is 3. The number of methoxy groups -OCH3 is 1. The van der Waals surface area contributed by atoms with Gasteiger partial charge in [-0.3, -0.25) is 5.32 Å². The molecule has 0 aliphatic rings. The quantitative estimate of drug-likeness (QED) is 0.526. The highest BCUT2D eigenvalue weighted by Gasteiger charge is 2.32. The first-order valence-corrected chi connectivity index (χ1v) is 7.58. The van der Waals surface area contributed by atoms with Crippen molar-refractivity contribution in [1.82, 2.24) is 14.6 Å². The van der Waals surface area contributed by atoms with Gasteiger partial charge in [-0.2, -0.15) is 4.52 Å². The van der Waals surface area contributed by atoms with Gasteiger partial charge in [0, 0.05) is 11.8 Å². The van der Waals surface area contributed by atoms with Crippen molar-refractivity contribution in [2.45, 2.75) is 6.36 Å². The molecule has 13 heteroatoms. The van der Waals surface area contributed by atoms with Gasteiger partial charge >= 0.3 is 12.5 Å². The molecule has 0 saturated heterocycles. The average molecular weight is 397 g/mol. The van der Waals surface area contributed by atoms with E-state index in [2.05, 4.69) is 30.2 Å². The van der Waals surface area contributed by atoms with Crippen LogP contribution in [0.5, 0.6) is 5.75 Å². The summed E-state index contributed by atoms with van der Waals surface area (Å²) in [7, 11) is 1.15. The number of anilines is 5. The van der Waals surface area contributed by atoms with Crippen LogP contribution in [0, 0.1) is 0 Å². The van der Waals surface area contributed by atoms with E-state index in [0.717, 1.165) is 13.2 Å². The monoisotopic (exact) mass is 397 g/mol. The van der Waals surface area contributed by atoms with Gasteiger partial charge in [0.05, 0.1) is 24.7 Å². The Balaban J connectivity index is 2.01. The number of carbonyl (C=O) groups excluding carboxylic acids is 1. The predicted molar refractivity (Wildman–Crippen MR) is 94.2 cm³/mol. The number of benzene rings is 1. The number of imidazole rings is 1. The van der Waals surface area contributed by atoms with Crippen molar-refractivity contribution < 1.29 is 27.4 Å². The highest BCUT2D eigenvalue weighted by Crippen LogP contribution is 2.34. The van der Waals surface area contributed by atoms with E-state index in [1.165, 1.54) is 28.9 Å². The van der Waals surface area contributed by atoms with Crippen molar-refractivity contribution in [3.63, 3.8) is 0 Å². The summed E-state index contributed by atoms with van der Waals surface area (Å²) in [5, 5.41) is 9.12. The molecule has 6 N–H and O–H groups in total. The molecular formula is C15H14F3N7O3. The molecule has 3 rings (SSSR count). The zero-order valence-corrected chi connectivity index (χ0v) is 14.2. The molecule has 0 aliphatic carbocycles. The summed E-state index contributed by atoms with van der Waals surface area (Å²) < 4.78 is 47.8. The Morgan fingerprint density at radius 1 is 1.25 bits per heavy atom. The third kappa shape index (κ3) is 4.08. The zero-order chi connectivity index (χ0) is 20.5. The normalized spacial score (nSPS) is 11.3. The van der Waals surface area contributed by atoms with Gasteiger partial charge in [0.15, 0.2) is 17.2 Å². The number of aromatic nitrogens is 3. The first kappa shape index (κ1) is 18.9. The fourth-order valence-corrected chi connectivity index (χ4v) is 2.30. The van der Waals surface area contributed by atoms with Crippen LogP contribution in [0.2, 0.25) is 0 Å². The van der Waals surface area contributed by atoms with Crippen molar-refractivity contribution >= 4 is 40.4 Å². The highest BCUT2D eigenvalue weighted by atomic mass is 19.4. The Labute approximate surface area is 155 Å². The third-order valence-electron chi connectivity index (χ3n) is 3.42. The van der Waals surface area contributed by atoms with Crippen molar-refractivity contribution in [1.29, 1.82) is 0 Å². The minimum absolute atomic E-state index is 0.0666. The Morgan fingerprint density at radius 2 is 2.00 bits per heavy atom. The van der Waals surface area contributed by atoms with Gasteiger partial charge in [0.25, 0.3) is 0 Å². The summed E-state index contributed by atoms with van der Waals surface area (Å²) in [5.41, 5.74) is 12.1. The van der Waals surface area contributed by atoms with E-state index in [1.807, 2.05) is 0 Å². The maximum atomic E-state index is 12.7. The number of hydrogen-bond donors (Lipinski definition) is 4. The predicted octanol–water partition coefficient (Wildman–Crippen LogP) is 2.71. The molecule has 0 unspecified atom stereocenters. The van der Waals surface area contributed by atoms with Crippen molar-refractivity contribution in [2.75, 3.05) is 29.2 Å². The lowest BCUT2D eigenvalue weighted by Gasteiger charge is -2.16. The maximum Gasteiger partial charge on any atom is 0.573 e. The van der Waals surface area contributed by atoms with Gasteiger partial charge in [-0.15, -0.1) is 18.3 Å². The van der Waals surface area contributed by atoms with E-state index in [-0.39, 0.29) is 34.3 Å². The number of fused-ring (bicyclic) bond motifs is 1. The van der Waals surface area contributed by atoms with Gasteiger partial charge < -0.3 is 26.3 Å². The second kappa shape index (κ2) is 7.02. The molecule has 1 amide bonds. The summed E-state index contributed by atoms with van der Waals surface area (Å²) in [6.45, 7) is 0. The lowest BCUT2D eigenvalue weighted by atomic mass is 10.2. The van der Waals surface area contributed by atoms with Crippen molar-refractivity contribution in [3.05, 3.63) is 30.5 Å². The SMILES string of the molecule is COC(=O)Nc1ccc(OC(F)(F)F)c(Nc2cc(N)c3ncc(N)n3n2)c1. The lowest BCUT2D eigenvalue weighted by molar-refractivity contribution is -0.274. The number of rotatable bonds is 4. The Bertz CT molecular complexity index is 1040. The number of nitrogen functional groups attached to an aromatic ring is 2. The van der Waals surface area contributed by atoms with Crippen LogP contribution in [0.4, 0.5) is 46.7 Å². The molecule has 0 aliphatic heterocycles. The molecule has 2 heterocycles. The topological polar surface area (TPSA) is 142 Å². The second-order valence-corrected chi connectivity index (χ2v) is 5.40. The minimum Gasteiger partial charge on any atom is -0.453 e. The van der Waals surface area contributed by atoms with E-state index in [4.69, 9.17) is 11.5 Å². The number of alkyl halides is 3. The first-order chi connectivity index (χ1) is 13.2. The first-order valence-electron chi connectivity index (χ1n) is 7.58. The smallest absolute Gasteiger partial charge is 0.453 e. The Hall–Kier alpha value is -3.90. The number of hydrogen-bond acceptors (Lipinski definition) is 8. The molecule has 0 fully saturated rings. The summed E-state index contributed by atoms with van der Waals surface area (Å²) in [6.07, 6.45) is -4.40. The summed E-state index contributed by atoms with van der Waals surface area (Å²) in [5.74, 6) is -0.308. The van der Waals surface area contributed by atoms with Crippen LogP contribution in [0.25, 0.3) is 5.65 Å². The number of nitrogens with two attached hydrogens (primary N) is 2. The molecule has 1 aromatic carbocycles. The van der Waals surface area contributed by atoms with E-state index in [1.54, 1.807) is 0 Å². The van der Waals surface area contributed by atoms with Gasteiger partial charge in [-0.05, 0) is 18.2 Å². The van der Waals surface area contributed by atoms with Gasteiger partial charge in [0.1, 0.15) is 5.82 Å². The molecule has 2 aromatic heterocycles. The lowest BCUT2D eigenvalue weighted by Crippen LogP contribution is -2.18. The number of nitrogens with zero attached hydrogens (tertiary/aromatic N) is 3. The van der Waals surface area contributed by atoms with Crippen LogP contribution in [-0.2, 0) is 4.74 Å². The van der Waals surface area contributed by atoms with Gasteiger partial charge in [-0.1, -0.05) is 0 Å². The van der Waals surface area contributed by atoms with Gasteiger partial charge in [-0.25, -0.2) is 9.78 Å².